The fourth-order valence-electron chi connectivity index (χ4n) is 3.68. The number of carbonyl (C=O) groups is 1. The molecule has 6 nitrogen and oxygen atoms in total. The molecule has 0 saturated carbocycles. The van der Waals surface area contributed by atoms with E-state index >= 15 is 0 Å². The molecule has 0 radical (unpaired) electrons. The molecule has 3 rings (SSSR count). The maximum Gasteiger partial charge on any atom is 0.219 e. The average molecular weight is 285 g/mol. The number of ether oxygens (including phenoxy) is 3. The molecular formula is C14H23NO5. The van der Waals surface area contributed by atoms with Crippen LogP contribution in [0.1, 0.15) is 34.1 Å². The van der Waals surface area contributed by atoms with E-state index in [1.54, 1.807) is 4.90 Å². The molecule has 20 heavy (non-hydrogen) atoms. The van der Waals surface area contributed by atoms with Gasteiger partial charge in [-0.1, -0.05) is 6.92 Å². The summed E-state index contributed by atoms with van der Waals surface area (Å²) in [4.78, 5) is 13.5. The normalized spacial score (nSPS) is 46.1. The van der Waals surface area contributed by atoms with Crippen molar-refractivity contribution in [3.8, 4) is 0 Å². The van der Waals surface area contributed by atoms with Gasteiger partial charge in [-0.2, -0.15) is 0 Å². The Morgan fingerprint density at radius 1 is 1.30 bits per heavy atom. The Bertz CT molecular complexity index is 412. The second kappa shape index (κ2) is 4.66. The third-order valence-electron chi connectivity index (χ3n) is 4.46. The fourth-order valence-corrected chi connectivity index (χ4v) is 3.68. The third-order valence-corrected chi connectivity index (χ3v) is 4.46. The summed E-state index contributed by atoms with van der Waals surface area (Å²) in [5.74, 6) is -0.751. The summed E-state index contributed by atoms with van der Waals surface area (Å²) in [6, 6.07) is -0.267. The first kappa shape index (κ1) is 14.3. The van der Waals surface area contributed by atoms with Gasteiger partial charge >= 0.3 is 0 Å². The van der Waals surface area contributed by atoms with Gasteiger partial charge < -0.3 is 24.2 Å². The highest BCUT2D eigenvalue weighted by Gasteiger charge is 2.60. The zero-order valence-electron chi connectivity index (χ0n) is 12.4. The maximum atomic E-state index is 11.8. The second-order valence-electron chi connectivity index (χ2n) is 6.34. The number of hydrogen-bond acceptors (Lipinski definition) is 5. The van der Waals surface area contributed by atoms with E-state index in [-0.39, 0.29) is 36.4 Å². The van der Waals surface area contributed by atoms with Crippen LogP contribution in [0.3, 0.4) is 0 Å². The van der Waals surface area contributed by atoms with Crippen molar-refractivity contribution < 1.29 is 24.1 Å². The first-order chi connectivity index (χ1) is 9.34. The van der Waals surface area contributed by atoms with Crippen LogP contribution < -0.4 is 0 Å². The molecule has 0 aromatic carbocycles. The maximum absolute atomic E-state index is 11.8. The highest BCUT2D eigenvalue weighted by atomic mass is 16.8. The van der Waals surface area contributed by atoms with Crippen LogP contribution in [0.4, 0.5) is 0 Å². The van der Waals surface area contributed by atoms with Crippen LogP contribution in [0.5, 0.6) is 0 Å². The number of likely N-dealkylation sites (tertiary alicyclic amines) is 1. The largest absolute Gasteiger partial charge is 0.388 e. The number of aliphatic hydroxyl groups is 1. The van der Waals surface area contributed by atoms with E-state index in [1.807, 2.05) is 20.8 Å². The fraction of sp³-hybridized carbons (Fsp3) is 0.929. The van der Waals surface area contributed by atoms with Gasteiger partial charge in [0.15, 0.2) is 5.79 Å². The van der Waals surface area contributed by atoms with Crippen molar-refractivity contribution in [2.45, 2.75) is 76.5 Å². The standard InChI is InChI=1S/C14H23NO5/c1-5-9-12-13(20-14(3,4)19-12)10-11(18-9)8(17)6-15(10)7(2)16/h8-13,17H,5-6H2,1-4H3/t8?,9-,10-,11+,12+,13-/m1/s1. The number of amides is 1. The molecule has 3 aliphatic heterocycles. The Hall–Kier alpha value is -0.690. The summed E-state index contributed by atoms with van der Waals surface area (Å²) in [6.45, 7) is 7.58. The molecular weight excluding hydrogens is 262 g/mol. The Labute approximate surface area is 119 Å². The lowest BCUT2D eigenvalue weighted by Gasteiger charge is -2.41. The first-order valence-corrected chi connectivity index (χ1v) is 7.30. The quantitative estimate of drug-likeness (QED) is 0.749. The number of rotatable bonds is 1. The van der Waals surface area contributed by atoms with Crippen molar-refractivity contribution >= 4 is 5.91 Å². The predicted molar refractivity (Wildman–Crippen MR) is 70.0 cm³/mol. The topological polar surface area (TPSA) is 68.2 Å². The van der Waals surface area contributed by atoms with Crippen LogP contribution in [0, 0.1) is 0 Å². The molecule has 114 valence electrons. The summed E-state index contributed by atoms with van der Waals surface area (Å²) in [5.41, 5.74) is 0. The van der Waals surface area contributed by atoms with E-state index in [9.17, 15) is 9.90 Å². The lowest BCUT2D eigenvalue weighted by molar-refractivity contribution is -0.172. The van der Waals surface area contributed by atoms with E-state index in [0.717, 1.165) is 6.42 Å². The zero-order chi connectivity index (χ0) is 14.7. The Morgan fingerprint density at radius 3 is 2.55 bits per heavy atom. The molecule has 0 aromatic rings. The molecule has 1 amide bonds. The van der Waals surface area contributed by atoms with Crippen LogP contribution in [0.2, 0.25) is 0 Å². The number of hydrogen-bond donors (Lipinski definition) is 1. The summed E-state index contributed by atoms with van der Waals surface area (Å²) < 4.78 is 18.0. The molecule has 6 heteroatoms. The number of β-amino-alcohol motifs (C(OH)–C–C–N with tert-alkyl or cyclic N) is 1. The van der Waals surface area contributed by atoms with Crippen LogP contribution in [-0.4, -0.2) is 64.8 Å². The molecule has 3 saturated heterocycles. The second-order valence-corrected chi connectivity index (χ2v) is 6.34. The molecule has 3 heterocycles. The third kappa shape index (κ3) is 2.06. The summed E-state index contributed by atoms with van der Waals surface area (Å²) in [5, 5.41) is 10.2. The molecule has 1 N–H and O–H groups in total. The molecule has 1 unspecified atom stereocenters. The summed E-state index contributed by atoms with van der Waals surface area (Å²) in [6.07, 6.45) is -0.798. The Balaban J connectivity index is 1.93. The number of carbonyl (C=O) groups excluding carboxylic acids is 1. The summed E-state index contributed by atoms with van der Waals surface area (Å²) in [7, 11) is 0. The van der Waals surface area contributed by atoms with E-state index in [1.165, 1.54) is 6.92 Å². The lowest BCUT2D eigenvalue weighted by Crippen LogP contribution is -2.60. The van der Waals surface area contributed by atoms with Crippen LogP contribution >= 0.6 is 0 Å². The van der Waals surface area contributed by atoms with E-state index in [2.05, 4.69) is 0 Å². The predicted octanol–water partition coefficient (Wildman–Crippen LogP) is 0.275. The van der Waals surface area contributed by atoms with Gasteiger partial charge in [-0.15, -0.1) is 0 Å². The molecule has 3 aliphatic rings. The van der Waals surface area contributed by atoms with Gasteiger partial charge in [0.05, 0.1) is 18.2 Å². The van der Waals surface area contributed by atoms with Crippen molar-refractivity contribution in [2.75, 3.05) is 6.54 Å². The van der Waals surface area contributed by atoms with Crippen molar-refractivity contribution in [1.82, 2.24) is 4.90 Å². The molecule has 6 atom stereocenters. The highest BCUT2D eigenvalue weighted by molar-refractivity contribution is 5.74. The van der Waals surface area contributed by atoms with Crippen molar-refractivity contribution in [1.29, 1.82) is 0 Å². The van der Waals surface area contributed by atoms with Crippen LogP contribution in [-0.2, 0) is 19.0 Å². The molecule has 0 aromatic heterocycles. The van der Waals surface area contributed by atoms with Gasteiger partial charge in [0.1, 0.15) is 18.3 Å². The minimum absolute atomic E-state index is 0.0674. The number of aliphatic hydroxyl groups excluding tert-OH is 1. The Morgan fingerprint density at radius 2 is 1.95 bits per heavy atom. The zero-order valence-corrected chi connectivity index (χ0v) is 12.4. The SMILES string of the molecule is CC[C@H]1O[C@H]2C(O)CN(C(C)=O)[C@H]2[C@H]2OC(C)(C)O[C@H]21. The minimum atomic E-state index is -0.684. The van der Waals surface area contributed by atoms with E-state index in [4.69, 9.17) is 14.2 Å². The van der Waals surface area contributed by atoms with Gasteiger partial charge in [0, 0.05) is 13.5 Å². The first-order valence-electron chi connectivity index (χ1n) is 7.30. The molecule has 0 bridgehead atoms. The van der Waals surface area contributed by atoms with Gasteiger partial charge in [0.25, 0.3) is 0 Å². The number of nitrogens with zero attached hydrogens (tertiary/aromatic N) is 1. The van der Waals surface area contributed by atoms with Crippen LogP contribution in [0.25, 0.3) is 0 Å². The van der Waals surface area contributed by atoms with Gasteiger partial charge in [-0.25, -0.2) is 0 Å². The number of fused-ring (bicyclic) bond motifs is 3. The molecule has 0 aliphatic carbocycles. The van der Waals surface area contributed by atoms with E-state index in [0.29, 0.717) is 6.54 Å². The van der Waals surface area contributed by atoms with Gasteiger partial charge in [0.2, 0.25) is 5.91 Å². The monoisotopic (exact) mass is 285 g/mol. The minimum Gasteiger partial charge on any atom is -0.388 e. The average Bonchev–Trinajstić information content (AvgIpc) is 2.85. The van der Waals surface area contributed by atoms with Gasteiger partial charge in [-0.05, 0) is 20.3 Å². The molecule has 0 spiro atoms. The van der Waals surface area contributed by atoms with Crippen molar-refractivity contribution in [2.24, 2.45) is 0 Å². The van der Waals surface area contributed by atoms with Crippen LogP contribution in [0.15, 0.2) is 0 Å². The Kier molecular flexibility index (Phi) is 3.32. The van der Waals surface area contributed by atoms with Gasteiger partial charge in [-0.3, -0.25) is 4.79 Å². The van der Waals surface area contributed by atoms with Crippen molar-refractivity contribution in [3.05, 3.63) is 0 Å². The highest BCUT2D eigenvalue weighted by Crippen LogP contribution is 2.43. The molecule has 3 fully saturated rings. The van der Waals surface area contributed by atoms with E-state index < -0.39 is 11.9 Å². The smallest absolute Gasteiger partial charge is 0.219 e. The van der Waals surface area contributed by atoms with Crippen molar-refractivity contribution in [3.63, 3.8) is 0 Å². The summed E-state index contributed by atoms with van der Waals surface area (Å²) >= 11 is 0. The lowest BCUT2D eigenvalue weighted by atomic mass is 9.91.